The molecule has 1 aliphatic rings. The molecule has 3 rings (SSSR count). The molecule has 0 fully saturated rings. The highest BCUT2D eigenvalue weighted by Crippen LogP contribution is 2.38. The summed E-state index contributed by atoms with van der Waals surface area (Å²) in [6.45, 7) is 4.21. The predicted octanol–water partition coefficient (Wildman–Crippen LogP) is 3.25. The van der Waals surface area contributed by atoms with Gasteiger partial charge >= 0.3 is 0 Å². The predicted molar refractivity (Wildman–Crippen MR) is 79.1 cm³/mol. The molecule has 0 radical (unpaired) electrons. The minimum absolute atomic E-state index is 0.152. The van der Waals surface area contributed by atoms with Crippen LogP contribution in [0.1, 0.15) is 53.3 Å². The van der Waals surface area contributed by atoms with Crippen LogP contribution in [0.25, 0.3) is 0 Å². The zero-order chi connectivity index (χ0) is 13.4. The van der Waals surface area contributed by atoms with Gasteiger partial charge in [0, 0.05) is 23.2 Å². The lowest BCUT2D eigenvalue weighted by atomic mass is 10.1. The minimum atomic E-state index is 0.152. The van der Waals surface area contributed by atoms with Crippen LogP contribution in [0.15, 0.2) is 29.6 Å². The summed E-state index contributed by atoms with van der Waals surface area (Å²) in [7, 11) is 0. The quantitative estimate of drug-likeness (QED) is 0.902. The molecule has 100 valence electrons. The van der Waals surface area contributed by atoms with Crippen molar-refractivity contribution in [1.29, 1.82) is 0 Å². The third-order valence-corrected chi connectivity index (χ3v) is 4.86. The maximum Gasteiger partial charge on any atom is 0.110 e. The molecular weight excluding hydrogens is 254 g/mol. The van der Waals surface area contributed by atoms with Crippen LogP contribution in [0.4, 0.5) is 0 Å². The molecule has 4 heteroatoms. The molecule has 1 aromatic heterocycles. The van der Waals surface area contributed by atoms with E-state index in [2.05, 4.69) is 46.9 Å². The Balaban J connectivity index is 1.78. The summed E-state index contributed by atoms with van der Waals surface area (Å²) in [5.74, 6) is 0. The summed E-state index contributed by atoms with van der Waals surface area (Å²) in [4.78, 5) is 4.55. The molecule has 0 amide bonds. The van der Waals surface area contributed by atoms with Crippen LogP contribution in [-0.4, -0.2) is 4.98 Å². The third-order valence-electron chi connectivity index (χ3n) is 3.72. The summed E-state index contributed by atoms with van der Waals surface area (Å²) < 4.78 is 0. The molecule has 0 saturated heterocycles. The van der Waals surface area contributed by atoms with E-state index in [1.165, 1.54) is 11.1 Å². The van der Waals surface area contributed by atoms with Gasteiger partial charge in [0.15, 0.2) is 0 Å². The maximum atomic E-state index is 6.20. The van der Waals surface area contributed by atoms with Crippen molar-refractivity contribution in [2.24, 2.45) is 5.73 Å². The molecule has 2 aromatic rings. The van der Waals surface area contributed by atoms with Gasteiger partial charge in [-0.25, -0.2) is 4.98 Å². The normalized spacial score (nSPS) is 23.3. The fourth-order valence-corrected chi connectivity index (χ4v) is 3.59. The Labute approximate surface area is 117 Å². The van der Waals surface area contributed by atoms with E-state index in [1.807, 2.05) is 6.92 Å². The van der Waals surface area contributed by atoms with Gasteiger partial charge in [0.1, 0.15) is 5.01 Å². The number of nitrogens with one attached hydrogen (secondary N) is 1. The molecular formula is C15H19N3S. The zero-order valence-electron chi connectivity index (χ0n) is 11.3. The highest BCUT2D eigenvalue weighted by atomic mass is 32.1. The number of hydrogen-bond donors (Lipinski definition) is 2. The van der Waals surface area contributed by atoms with E-state index in [4.69, 9.17) is 5.73 Å². The van der Waals surface area contributed by atoms with E-state index in [9.17, 15) is 0 Å². The summed E-state index contributed by atoms with van der Waals surface area (Å²) in [5, 5.41) is 6.91. The van der Waals surface area contributed by atoms with Crippen LogP contribution in [0.2, 0.25) is 0 Å². The Kier molecular flexibility index (Phi) is 3.39. The average Bonchev–Trinajstić information content (AvgIpc) is 2.96. The molecule has 0 bridgehead atoms. The lowest BCUT2D eigenvalue weighted by Gasteiger charge is -2.18. The Morgan fingerprint density at radius 1 is 1.37 bits per heavy atom. The fourth-order valence-electron chi connectivity index (χ4n) is 2.78. The van der Waals surface area contributed by atoms with Crippen LogP contribution < -0.4 is 11.1 Å². The molecule has 0 spiro atoms. The Morgan fingerprint density at radius 3 is 2.79 bits per heavy atom. The minimum Gasteiger partial charge on any atom is -0.324 e. The molecule has 3 nitrogen and oxygen atoms in total. The SMILES string of the molecule is Cc1csc(C(C)NC2CC(N)c3ccccc32)n1. The van der Waals surface area contributed by atoms with Crippen molar-refractivity contribution in [3.8, 4) is 0 Å². The van der Waals surface area contributed by atoms with Gasteiger partial charge in [0.05, 0.1) is 6.04 Å². The number of benzene rings is 1. The van der Waals surface area contributed by atoms with Gasteiger partial charge in [-0.15, -0.1) is 11.3 Å². The van der Waals surface area contributed by atoms with Crippen molar-refractivity contribution in [2.45, 2.75) is 38.4 Å². The number of rotatable bonds is 3. The molecule has 3 unspecified atom stereocenters. The monoisotopic (exact) mass is 273 g/mol. The van der Waals surface area contributed by atoms with Gasteiger partial charge in [-0.2, -0.15) is 0 Å². The second-order valence-corrected chi connectivity index (χ2v) is 6.13. The molecule has 3 atom stereocenters. The zero-order valence-corrected chi connectivity index (χ0v) is 12.1. The Bertz CT molecular complexity index is 578. The van der Waals surface area contributed by atoms with Gasteiger partial charge in [-0.05, 0) is 31.4 Å². The number of aryl methyl sites for hydroxylation is 1. The summed E-state index contributed by atoms with van der Waals surface area (Å²) >= 11 is 1.72. The highest BCUT2D eigenvalue weighted by molar-refractivity contribution is 7.09. The van der Waals surface area contributed by atoms with Crippen LogP contribution in [0.5, 0.6) is 0 Å². The van der Waals surface area contributed by atoms with Crippen molar-refractivity contribution in [3.05, 3.63) is 51.5 Å². The van der Waals surface area contributed by atoms with Crippen LogP contribution in [0.3, 0.4) is 0 Å². The fraction of sp³-hybridized carbons (Fsp3) is 0.400. The largest absolute Gasteiger partial charge is 0.324 e. The number of thiazole rings is 1. The first-order valence-electron chi connectivity index (χ1n) is 6.67. The van der Waals surface area contributed by atoms with Gasteiger partial charge in [-0.1, -0.05) is 24.3 Å². The Hall–Kier alpha value is -1.23. The summed E-state index contributed by atoms with van der Waals surface area (Å²) in [5.41, 5.74) is 9.92. The first-order chi connectivity index (χ1) is 9.15. The number of nitrogens with zero attached hydrogens (tertiary/aromatic N) is 1. The van der Waals surface area contributed by atoms with E-state index in [-0.39, 0.29) is 12.1 Å². The number of hydrogen-bond acceptors (Lipinski definition) is 4. The summed E-state index contributed by atoms with van der Waals surface area (Å²) in [6.07, 6.45) is 0.966. The molecule has 0 aliphatic heterocycles. The van der Waals surface area contributed by atoms with Crippen LogP contribution >= 0.6 is 11.3 Å². The molecule has 1 heterocycles. The highest BCUT2D eigenvalue weighted by Gasteiger charge is 2.29. The molecule has 3 N–H and O–H groups in total. The van der Waals surface area contributed by atoms with E-state index in [0.717, 1.165) is 17.1 Å². The first-order valence-corrected chi connectivity index (χ1v) is 7.55. The first kappa shape index (κ1) is 12.8. The molecule has 1 aromatic carbocycles. The van der Waals surface area contributed by atoms with Crippen molar-refractivity contribution >= 4 is 11.3 Å². The maximum absolute atomic E-state index is 6.20. The van der Waals surface area contributed by atoms with Crippen molar-refractivity contribution in [2.75, 3.05) is 0 Å². The van der Waals surface area contributed by atoms with E-state index in [1.54, 1.807) is 11.3 Å². The molecule has 1 aliphatic carbocycles. The Morgan fingerprint density at radius 2 is 2.11 bits per heavy atom. The lowest BCUT2D eigenvalue weighted by molar-refractivity contribution is 0.444. The number of aromatic nitrogens is 1. The van der Waals surface area contributed by atoms with Gasteiger partial charge in [-0.3, -0.25) is 0 Å². The van der Waals surface area contributed by atoms with E-state index >= 15 is 0 Å². The van der Waals surface area contributed by atoms with E-state index < -0.39 is 0 Å². The van der Waals surface area contributed by atoms with Gasteiger partial charge in [0.25, 0.3) is 0 Å². The second-order valence-electron chi connectivity index (χ2n) is 5.24. The third kappa shape index (κ3) is 2.43. The van der Waals surface area contributed by atoms with Crippen LogP contribution in [-0.2, 0) is 0 Å². The number of fused-ring (bicyclic) bond motifs is 1. The van der Waals surface area contributed by atoms with Gasteiger partial charge < -0.3 is 11.1 Å². The van der Waals surface area contributed by atoms with E-state index in [0.29, 0.717) is 6.04 Å². The smallest absolute Gasteiger partial charge is 0.110 e. The van der Waals surface area contributed by atoms with Crippen molar-refractivity contribution < 1.29 is 0 Å². The average molecular weight is 273 g/mol. The van der Waals surface area contributed by atoms with Crippen molar-refractivity contribution in [1.82, 2.24) is 10.3 Å². The molecule has 0 saturated carbocycles. The summed E-state index contributed by atoms with van der Waals surface area (Å²) in [6, 6.07) is 9.23. The lowest BCUT2D eigenvalue weighted by Crippen LogP contribution is -2.23. The second kappa shape index (κ2) is 5.04. The number of nitrogens with two attached hydrogens (primary N) is 1. The topological polar surface area (TPSA) is 50.9 Å². The van der Waals surface area contributed by atoms with Crippen LogP contribution in [0, 0.1) is 6.92 Å². The standard InChI is InChI=1S/C15H19N3S/c1-9-8-19-15(17-9)10(2)18-14-7-13(16)11-5-3-4-6-12(11)14/h3-6,8,10,13-14,18H,7,16H2,1-2H3. The molecule has 19 heavy (non-hydrogen) atoms. The van der Waals surface area contributed by atoms with Gasteiger partial charge in [0.2, 0.25) is 0 Å². The van der Waals surface area contributed by atoms with Crippen molar-refractivity contribution in [3.63, 3.8) is 0 Å².